The van der Waals surface area contributed by atoms with Gasteiger partial charge in [0.15, 0.2) is 0 Å². The molecule has 0 saturated carbocycles. The number of carbonyl (C=O) groups excluding carboxylic acids is 1. The number of hydrogen-bond acceptors (Lipinski definition) is 3. The van der Waals surface area contributed by atoms with Gasteiger partial charge in [0.1, 0.15) is 0 Å². The van der Waals surface area contributed by atoms with Crippen molar-refractivity contribution in [1.29, 1.82) is 0 Å². The van der Waals surface area contributed by atoms with E-state index >= 15 is 0 Å². The van der Waals surface area contributed by atoms with Crippen LogP contribution in [-0.4, -0.2) is 5.91 Å². The highest BCUT2D eigenvalue weighted by molar-refractivity contribution is 7.98. The van der Waals surface area contributed by atoms with E-state index in [1.165, 1.54) is 11.8 Å². The number of halogens is 1. The van der Waals surface area contributed by atoms with Crippen molar-refractivity contribution in [3.8, 4) is 0 Å². The molecule has 0 aliphatic heterocycles. The van der Waals surface area contributed by atoms with Crippen LogP contribution in [0.2, 0.25) is 5.02 Å². The van der Waals surface area contributed by atoms with E-state index in [1.54, 1.807) is 24.3 Å². The SMILES string of the molecule is NC(=O)c1ccccc1CSc1cc(N)ccc1Cl. The van der Waals surface area contributed by atoms with Crippen LogP contribution in [0, 0.1) is 0 Å². The van der Waals surface area contributed by atoms with Crippen LogP contribution in [0.15, 0.2) is 47.4 Å². The summed E-state index contributed by atoms with van der Waals surface area (Å²) >= 11 is 7.62. The third-order valence-electron chi connectivity index (χ3n) is 2.62. The zero-order valence-electron chi connectivity index (χ0n) is 10.1. The molecule has 2 rings (SSSR count). The first kappa shape index (κ1) is 13.8. The minimum absolute atomic E-state index is 0.421. The summed E-state index contributed by atoms with van der Waals surface area (Å²) in [7, 11) is 0. The Bertz CT molecular complexity index is 616. The van der Waals surface area contributed by atoms with E-state index in [1.807, 2.05) is 18.2 Å². The molecule has 5 heteroatoms. The van der Waals surface area contributed by atoms with E-state index in [4.69, 9.17) is 23.1 Å². The predicted octanol–water partition coefficient (Wildman–Crippen LogP) is 3.31. The molecular weight excluding hydrogens is 280 g/mol. The second-order valence-corrected chi connectivity index (χ2v) is 5.42. The molecule has 0 spiro atoms. The van der Waals surface area contributed by atoms with Gasteiger partial charge in [0.05, 0.1) is 5.02 Å². The summed E-state index contributed by atoms with van der Waals surface area (Å²) in [6, 6.07) is 12.6. The molecule has 0 aliphatic rings. The quantitative estimate of drug-likeness (QED) is 0.671. The van der Waals surface area contributed by atoms with Crippen LogP contribution in [0.1, 0.15) is 15.9 Å². The van der Waals surface area contributed by atoms with Crippen molar-refractivity contribution in [2.45, 2.75) is 10.6 Å². The van der Waals surface area contributed by atoms with Crippen LogP contribution < -0.4 is 11.5 Å². The Balaban J connectivity index is 2.19. The summed E-state index contributed by atoms with van der Waals surface area (Å²) in [5.74, 6) is 0.192. The van der Waals surface area contributed by atoms with Crippen molar-refractivity contribution in [1.82, 2.24) is 0 Å². The maximum absolute atomic E-state index is 11.3. The molecule has 19 heavy (non-hydrogen) atoms. The summed E-state index contributed by atoms with van der Waals surface area (Å²) in [6.07, 6.45) is 0. The van der Waals surface area contributed by atoms with Gasteiger partial charge in [0, 0.05) is 21.9 Å². The Kier molecular flexibility index (Phi) is 4.35. The van der Waals surface area contributed by atoms with Crippen LogP contribution >= 0.6 is 23.4 Å². The van der Waals surface area contributed by atoms with Crippen molar-refractivity contribution in [3.63, 3.8) is 0 Å². The summed E-state index contributed by atoms with van der Waals surface area (Å²) in [5.41, 5.74) is 13.2. The Hall–Kier alpha value is -1.65. The largest absolute Gasteiger partial charge is 0.399 e. The summed E-state index contributed by atoms with van der Waals surface area (Å²) in [5, 5.41) is 0.649. The lowest BCUT2D eigenvalue weighted by molar-refractivity contribution is 0.0999. The molecule has 0 radical (unpaired) electrons. The molecule has 4 N–H and O–H groups in total. The highest BCUT2D eigenvalue weighted by Gasteiger charge is 2.08. The summed E-state index contributed by atoms with van der Waals surface area (Å²) < 4.78 is 0. The Labute approximate surface area is 120 Å². The molecule has 0 bridgehead atoms. The van der Waals surface area contributed by atoms with Crippen molar-refractivity contribution in [2.24, 2.45) is 5.73 Å². The standard InChI is InChI=1S/C14H13ClN2OS/c15-12-6-5-10(16)7-13(12)19-8-9-3-1-2-4-11(9)14(17)18/h1-7H,8,16H2,(H2,17,18). The van der Waals surface area contributed by atoms with Gasteiger partial charge < -0.3 is 11.5 Å². The normalized spacial score (nSPS) is 10.4. The molecule has 0 aliphatic carbocycles. The molecule has 0 unspecified atom stereocenters. The maximum Gasteiger partial charge on any atom is 0.249 e. The predicted molar refractivity (Wildman–Crippen MR) is 80.4 cm³/mol. The highest BCUT2D eigenvalue weighted by Crippen LogP contribution is 2.32. The van der Waals surface area contributed by atoms with Gasteiger partial charge in [-0.1, -0.05) is 29.8 Å². The van der Waals surface area contributed by atoms with E-state index < -0.39 is 5.91 Å². The number of carbonyl (C=O) groups is 1. The van der Waals surface area contributed by atoms with Crippen LogP contribution in [-0.2, 0) is 5.75 Å². The minimum Gasteiger partial charge on any atom is -0.399 e. The molecule has 2 aromatic carbocycles. The summed E-state index contributed by atoms with van der Waals surface area (Å²) in [4.78, 5) is 12.2. The number of nitrogen functional groups attached to an aromatic ring is 1. The third kappa shape index (κ3) is 3.43. The fourth-order valence-corrected chi connectivity index (χ4v) is 2.94. The van der Waals surface area contributed by atoms with Gasteiger partial charge in [-0.15, -0.1) is 11.8 Å². The van der Waals surface area contributed by atoms with E-state index in [0.717, 1.165) is 10.5 Å². The first-order chi connectivity index (χ1) is 9.08. The van der Waals surface area contributed by atoms with Gasteiger partial charge in [-0.05, 0) is 29.8 Å². The number of rotatable bonds is 4. The van der Waals surface area contributed by atoms with Crippen LogP contribution in [0.3, 0.4) is 0 Å². The Morgan fingerprint density at radius 1 is 1.21 bits per heavy atom. The Morgan fingerprint density at radius 2 is 1.95 bits per heavy atom. The first-order valence-electron chi connectivity index (χ1n) is 5.63. The number of primary amides is 1. The van der Waals surface area contributed by atoms with Gasteiger partial charge in [-0.2, -0.15) is 0 Å². The highest BCUT2D eigenvalue weighted by atomic mass is 35.5. The zero-order chi connectivity index (χ0) is 13.8. The fourth-order valence-electron chi connectivity index (χ4n) is 1.67. The van der Waals surface area contributed by atoms with Gasteiger partial charge in [-0.3, -0.25) is 4.79 Å². The molecule has 0 fully saturated rings. The average molecular weight is 293 g/mol. The zero-order valence-corrected chi connectivity index (χ0v) is 11.7. The van der Waals surface area contributed by atoms with Crippen molar-refractivity contribution >= 4 is 35.0 Å². The molecule has 0 atom stereocenters. The average Bonchev–Trinajstić information content (AvgIpc) is 2.40. The van der Waals surface area contributed by atoms with Crippen LogP contribution in [0.25, 0.3) is 0 Å². The smallest absolute Gasteiger partial charge is 0.249 e. The first-order valence-corrected chi connectivity index (χ1v) is 7.00. The minimum atomic E-state index is -0.421. The van der Waals surface area contributed by atoms with E-state index in [0.29, 0.717) is 22.0 Å². The van der Waals surface area contributed by atoms with E-state index in [-0.39, 0.29) is 0 Å². The van der Waals surface area contributed by atoms with Crippen LogP contribution in [0.5, 0.6) is 0 Å². The Morgan fingerprint density at radius 3 is 2.68 bits per heavy atom. The molecule has 2 aromatic rings. The van der Waals surface area contributed by atoms with Crippen molar-refractivity contribution < 1.29 is 4.79 Å². The van der Waals surface area contributed by atoms with Gasteiger partial charge in [0.2, 0.25) is 5.91 Å². The summed E-state index contributed by atoms with van der Waals surface area (Å²) in [6.45, 7) is 0. The number of benzene rings is 2. The number of thioether (sulfide) groups is 1. The molecular formula is C14H13ClN2OS. The van der Waals surface area contributed by atoms with Gasteiger partial charge in [0.25, 0.3) is 0 Å². The van der Waals surface area contributed by atoms with Crippen LogP contribution in [0.4, 0.5) is 5.69 Å². The van der Waals surface area contributed by atoms with Crippen molar-refractivity contribution in [2.75, 3.05) is 5.73 Å². The molecule has 0 saturated heterocycles. The number of anilines is 1. The maximum atomic E-state index is 11.3. The lowest BCUT2D eigenvalue weighted by Gasteiger charge is -2.08. The molecule has 3 nitrogen and oxygen atoms in total. The molecule has 98 valence electrons. The van der Waals surface area contributed by atoms with Gasteiger partial charge in [-0.25, -0.2) is 0 Å². The topological polar surface area (TPSA) is 69.1 Å². The van der Waals surface area contributed by atoms with E-state index in [2.05, 4.69) is 0 Å². The molecule has 0 heterocycles. The van der Waals surface area contributed by atoms with Gasteiger partial charge >= 0.3 is 0 Å². The molecule has 1 amide bonds. The number of hydrogen-bond donors (Lipinski definition) is 2. The second kappa shape index (κ2) is 5.99. The van der Waals surface area contributed by atoms with Crippen molar-refractivity contribution in [3.05, 3.63) is 58.6 Å². The number of amides is 1. The number of nitrogens with two attached hydrogens (primary N) is 2. The fraction of sp³-hybridized carbons (Fsp3) is 0.0714. The lowest BCUT2D eigenvalue weighted by Crippen LogP contribution is -2.13. The second-order valence-electron chi connectivity index (χ2n) is 4.00. The molecule has 0 aromatic heterocycles. The third-order valence-corrected chi connectivity index (χ3v) is 4.17. The van der Waals surface area contributed by atoms with E-state index in [9.17, 15) is 4.79 Å². The monoisotopic (exact) mass is 292 g/mol. The lowest BCUT2D eigenvalue weighted by atomic mass is 10.1.